The molecule has 63 heavy (non-hydrogen) atoms. The van der Waals surface area contributed by atoms with Crippen molar-refractivity contribution in [2.24, 2.45) is 0 Å². The number of allylic oxidation sites excluding steroid dienone is 2. The molecule has 13 rings (SSSR count). The van der Waals surface area contributed by atoms with Crippen molar-refractivity contribution in [3.63, 3.8) is 0 Å². The van der Waals surface area contributed by atoms with E-state index >= 15 is 0 Å². The zero-order valence-corrected chi connectivity index (χ0v) is 34.6. The summed E-state index contributed by atoms with van der Waals surface area (Å²) in [7, 11) is 0. The van der Waals surface area contributed by atoms with Crippen molar-refractivity contribution >= 4 is 11.4 Å². The van der Waals surface area contributed by atoms with Crippen LogP contribution in [0.1, 0.15) is 44.5 Å². The predicted octanol–water partition coefficient (Wildman–Crippen LogP) is 14.4. The number of fused-ring (bicyclic) bond motifs is 9. The lowest BCUT2D eigenvalue weighted by molar-refractivity contribution is 0.768. The summed E-state index contributed by atoms with van der Waals surface area (Å²) in [6, 6.07) is 81.7. The number of nitrogens with zero attached hydrogens (tertiary/aromatic N) is 1. The molecule has 0 saturated heterocycles. The smallest absolute Gasteiger partial charge is 0.123 e. The van der Waals surface area contributed by atoms with Crippen molar-refractivity contribution in [2.75, 3.05) is 10.2 Å². The number of nitrogens with one attached hydrogen (secondary N) is 1. The molecule has 0 fully saturated rings. The number of hydrogen-bond acceptors (Lipinski definition) is 2. The highest BCUT2D eigenvalue weighted by molar-refractivity contribution is 5.98. The fourth-order valence-electron chi connectivity index (χ4n) is 11.6. The average Bonchev–Trinajstić information content (AvgIpc) is 3.99. The normalized spacial score (nSPS) is 16.3. The monoisotopic (exact) mass is 802 g/mol. The van der Waals surface area contributed by atoms with Crippen molar-refractivity contribution in [3.8, 4) is 44.5 Å². The lowest BCUT2D eigenvalue weighted by atomic mass is 9.67. The SMILES string of the molecule is C1=CC2Nc3c(-c4ccc5c(c4)C(c4ccccc4)(c4ccccc4)c4ccccc4-5)cc(-c4ccc5c(c4)C(c4ccccc4)(c4ccccc4)c4ccccc4-5)cc3N2C=C1. The van der Waals surface area contributed by atoms with Gasteiger partial charge in [0.05, 0.1) is 22.2 Å². The summed E-state index contributed by atoms with van der Waals surface area (Å²) < 4.78 is 0. The maximum absolute atomic E-state index is 3.95. The standard InChI is InChI=1S/C61H42N2/c1-5-19-44(20-6-1)60(45-21-7-2-8-22-45)53-29-15-13-27-48(53)50-34-32-41(38-55(50)60)43-37-52(59-57(40-43)63-36-18-17-31-58(63)62-59)42-33-35-51-49-28-14-16-30-54(49)61(56(51)39-42,46-23-9-3-10-24-46)47-25-11-4-12-26-47/h1-40,58,62H. The molecule has 9 aromatic carbocycles. The van der Waals surface area contributed by atoms with Gasteiger partial charge in [-0.05, 0) is 120 Å². The van der Waals surface area contributed by atoms with Gasteiger partial charge in [0.1, 0.15) is 6.17 Å². The fraction of sp³-hybridized carbons (Fsp3) is 0.0492. The van der Waals surface area contributed by atoms with Gasteiger partial charge in [-0.15, -0.1) is 0 Å². The third kappa shape index (κ3) is 5.01. The largest absolute Gasteiger partial charge is 0.359 e. The molecule has 1 unspecified atom stereocenters. The average molecular weight is 803 g/mol. The molecule has 2 aliphatic heterocycles. The molecule has 0 saturated carbocycles. The van der Waals surface area contributed by atoms with Gasteiger partial charge < -0.3 is 10.2 Å². The molecule has 0 bridgehead atoms. The summed E-state index contributed by atoms with van der Waals surface area (Å²) in [6.07, 6.45) is 8.78. The second-order valence-electron chi connectivity index (χ2n) is 17.2. The van der Waals surface area contributed by atoms with Crippen LogP contribution in [0.15, 0.2) is 243 Å². The molecule has 2 nitrogen and oxygen atoms in total. The zero-order valence-electron chi connectivity index (χ0n) is 34.6. The molecule has 1 N–H and O–H groups in total. The van der Waals surface area contributed by atoms with Crippen LogP contribution >= 0.6 is 0 Å². The summed E-state index contributed by atoms with van der Waals surface area (Å²) in [5.74, 6) is 0. The Kier molecular flexibility index (Phi) is 7.83. The van der Waals surface area contributed by atoms with E-state index in [4.69, 9.17) is 0 Å². The minimum Gasteiger partial charge on any atom is -0.359 e. The van der Waals surface area contributed by atoms with Crippen LogP contribution in [0.25, 0.3) is 44.5 Å². The highest BCUT2D eigenvalue weighted by atomic mass is 15.3. The van der Waals surface area contributed by atoms with Crippen molar-refractivity contribution in [2.45, 2.75) is 17.0 Å². The second kappa shape index (κ2) is 13.8. The molecular formula is C61H42N2. The predicted molar refractivity (Wildman–Crippen MR) is 260 cm³/mol. The summed E-state index contributed by atoms with van der Waals surface area (Å²) in [4.78, 5) is 2.38. The Bertz CT molecular complexity index is 3230. The van der Waals surface area contributed by atoms with E-state index in [1.165, 1.54) is 94.7 Å². The molecule has 296 valence electrons. The van der Waals surface area contributed by atoms with Crippen LogP contribution in [0, 0.1) is 0 Å². The topological polar surface area (TPSA) is 15.3 Å². The quantitative estimate of drug-likeness (QED) is 0.180. The number of rotatable bonds is 6. The highest BCUT2D eigenvalue weighted by Gasteiger charge is 2.48. The first kappa shape index (κ1) is 35.8. The molecule has 4 aliphatic rings. The summed E-state index contributed by atoms with van der Waals surface area (Å²) in [5, 5.41) is 3.95. The van der Waals surface area contributed by atoms with Crippen LogP contribution in [0.3, 0.4) is 0 Å². The van der Waals surface area contributed by atoms with Crippen molar-refractivity contribution < 1.29 is 0 Å². The fourth-order valence-corrected chi connectivity index (χ4v) is 11.6. The van der Waals surface area contributed by atoms with Crippen LogP contribution in [0.2, 0.25) is 0 Å². The van der Waals surface area contributed by atoms with Crippen LogP contribution < -0.4 is 10.2 Å². The molecular weight excluding hydrogens is 761 g/mol. The van der Waals surface area contributed by atoms with Crippen molar-refractivity contribution in [1.29, 1.82) is 0 Å². The van der Waals surface area contributed by atoms with E-state index in [1.54, 1.807) is 0 Å². The Morgan fingerprint density at radius 3 is 1.32 bits per heavy atom. The third-order valence-corrected chi connectivity index (χ3v) is 14.2. The molecule has 2 aliphatic carbocycles. The van der Waals surface area contributed by atoms with E-state index in [0.29, 0.717) is 0 Å². The van der Waals surface area contributed by atoms with Gasteiger partial charge in [0.15, 0.2) is 0 Å². The Morgan fingerprint density at radius 1 is 0.349 bits per heavy atom. The van der Waals surface area contributed by atoms with Crippen molar-refractivity contribution in [3.05, 3.63) is 287 Å². The molecule has 0 amide bonds. The first-order valence-electron chi connectivity index (χ1n) is 22.0. The number of anilines is 2. The minimum atomic E-state index is -0.491. The first-order chi connectivity index (χ1) is 31.2. The second-order valence-corrected chi connectivity index (χ2v) is 17.2. The summed E-state index contributed by atoms with van der Waals surface area (Å²) >= 11 is 0. The molecule has 0 radical (unpaired) electrons. The Morgan fingerprint density at radius 2 is 0.794 bits per heavy atom. The maximum Gasteiger partial charge on any atom is 0.123 e. The number of benzene rings is 9. The molecule has 0 spiro atoms. The van der Waals surface area contributed by atoms with Crippen LogP contribution in [0.5, 0.6) is 0 Å². The van der Waals surface area contributed by atoms with Gasteiger partial charge in [-0.3, -0.25) is 0 Å². The van der Waals surface area contributed by atoms with E-state index in [1.807, 2.05) is 0 Å². The molecule has 0 aromatic heterocycles. The Hall–Kier alpha value is -7.94. The van der Waals surface area contributed by atoms with E-state index in [0.717, 1.165) is 5.69 Å². The van der Waals surface area contributed by atoms with E-state index < -0.39 is 10.8 Å². The molecule has 2 heterocycles. The van der Waals surface area contributed by atoms with Gasteiger partial charge in [0, 0.05) is 11.8 Å². The Balaban J connectivity index is 1.06. The maximum atomic E-state index is 3.95. The summed E-state index contributed by atoms with van der Waals surface area (Å²) in [5.41, 5.74) is 21.6. The van der Waals surface area contributed by atoms with Gasteiger partial charge in [0.25, 0.3) is 0 Å². The third-order valence-electron chi connectivity index (χ3n) is 14.2. The van der Waals surface area contributed by atoms with E-state index in [2.05, 4.69) is 253 Å². The molecule has 2 heteroatoms. The minimum absolute atomic E-state index is 0.0312. The number of hydrogen-bond donors (Lipinski definition) is 1. The molecule has 9 aromatic rings. The van der Waals surface area contributed by atoms with Gasteiger partial charge in [0.2, 0.25) is 0 Å². The van der Waals surface area contributed by atoms with E-state index in [-0.39, 0.29) is 6.17 Å². The lowest BCUT2D eigenvalue weighted by Gasteiger charge is -2.34. The first-order valence-corrected chi connectivity index (χ1v) is 22.0. The van der Waals surface area contributed by atoms with Crippen LogP contribution in [0.4, 0.5) is 11.4 Å². The molecule has 1 atom stereocenters. The Labute approximate surface area is 368 Å². The van der Waals surface area contributed by atoms with Gasteiger partial charge in [-0.25, -0.2) is 0 Å². The summed E-state index contributed by atoms with van der Waals surface area (Å²) in [6.45, 7) is 0. The highest BCUT2D eigenvalue weighted by Crippen LogP contribution is 2.59. The van der Waals surface area contributed by atoms with Gasteiger partial charge in [-0.2, -0.15) is 0 Å². The van der Waals surface area contributed by atoms with Gasteiger partial charge in [-0.1, -0.05) is 200 Å². The van der Waals surface area contributed by atoms with E-state index in [9.17, 15) is 0 Å². The van der Waals surface area contributed by atoms with Crippen LogP contribution in [-0.2, 0) is 10.8 Å². The van der Waals surface area contributed by atoms with Crippen molar-refractivity contribution in [1.82, 2.24) is 0 Å². The van der Waals surface area contributed by atoms with Gasteiger partial charge >= 0.3 is 0 Å². The lowest BCUT2D eigenvalue weighted by Crippen LogP contribution is -2.30. The van der Waals surface area contributed by atoms with Crippen LogP contribution in [-0.4, -0.2) is 6.17 Å². The zero-order chi connectivity index (χ0) is 41.5.